The van der Waals surface area contributed by atoms with Crippen LogP contribution in [0.3, 0.4) is 0 Å². The van der Waals surface area contributed by atoms with Gasteiger partial charge in [0, 0.05) is 5.56 Å². The van der Waals surface area contributed by atoms with Gasteiger partial charge in [0.25, 0.3) is 0 Å². The van der Waals surface area contributed by atoms with Gasteiger partial charge in [-0.1, -0.05) is 25.1 Å². The summed E-state index contributed by atoms with van der Waals surface area (Å²) in [4.78, 5) is 10.9. The van der Waals surface area contributed by atoms with Gasteiger partial charge < -0.3 is 5.11 Å². The second-order valence-electron chi connectivity index (χ2n) is 5.31. The Bertz CT molecular complexity index is 369. The van der Waals surface area contributed by atoms with Crippen LogP contribution in [0, 0.1) is 0 Å². The van der Waals surface area contributed by atoms with E-state index in [1.807, 2.05) is 46.8 Å². The maximum atomic E-state index is 9.80. The zero-order chi connectivity index (χ0) is 13.1. The number of rotatable bonds is 5. The van der Waals surface area contributed by atoms with Gasteiger partial charge in [-0.15, -0.1) is 0 Å². The van der Waals surface area contributed by atoms with Crippen LogP contribution in [-0.2, 0) is 15.4 Å². The lowest BCUT2D eigenvalue weighted by molar-refractivity contribution is -0.405. The maximum absolute atomic E-state index is 9.80. The maximum Gasteiger partial charge on any atom is 0.126 e. The molecule has 0 radical (unpaired) electrons. The molecule has 0 aliphatic heterocycles. The molecule has 0 aliphatic rings. The Morgan fingerprint density at radius 2 is 1.65 bits per heavy atom. The van der Waals surface area contributed by atoms with Crippen LogP contribution in [0.1, 0.15) is 46.6 Å². The van der Waals surface area contributed by atoms with Crippen LogP contribution in [0.4, 0.5) is 0 Å². The highest BCUT2D eigenvalue weighted by Crippen LogP contribution is 2.33. The first-order chi connectivity index (χ1) is 7.78. The molecule has 1 N–H and O–H groups in total. The first-order valence-electron chi connectivity index (χ1n) is 5.94. The molecule has 0 heterocycles. The Kier molecular flexibility index (Phi) is 4.17. The molecule has 1 rings (SSSR count). The average Bonchev–Trinajstić information content (AvgIpc) is 2.27. The van der Waals surface area contributed by atoms with Crippen LogP contribution < -0.4 is 0 Å². The number of phenolic OH excluding ortho intramolecular Hbond substituents is 1. The minimum absolute atomic E-state index is 0.218. The molecule has 3 heteroatoms. The molecule has 3 nitrogen and oxygen atoms in total. The minimum atomic E-state index is -0.683. The molecule has 0 bridgehead atoms. The lowest BCUT2D eigenvalue weighted by Gasteiger charge is -2.30. The third-order valence-electron chi connectivity index (χ3n) is 2.88. The standard InChI is InChI=1S/C14H22O3/c1-6-13(2,3)16-17-14(4,5)11-9-7-8-10-12(11)15/h7-10,15H,6H2,1-5H3. The van der Waals surface area contributed by atoms with Crippen LogP contribution >= 0.6 is 0 Å². The molecule has 0 saturated heterocycles. The zero-order valence-electron chi connectivity index (χ0n) is 11.3. The fourth-order valence-electron chi connectivity index (χ4n) is 1.30. The molecule has 1 aromatic carbocycles. The molecule has 0 unspecified atom stereocenters. The van der Waals surface area contributed by atoms with Gasteiger partial charge in [-0.3, -0.25) is 0 Å². The van der Waals surface area contributed by atoms with Gasteiger partial charge in [0.05, 0.1) is 5.60 Å². The van der Waals surface area contributed by atoms with Crippen LogP contribution in [0.2, 0.25) is 0 Å². The number of aromatic hydroxyl groups is 1. The fourth-order valence-corrected chi connectivity index (χ4v) is 1.30. The lowest BCUT2D eigenvalue weighted by Crippen LogP contribution is -2.30. The largest absolute Gasteiger partial charge is 0.508 e. The van der Waals surface area contributed by atoms with Crippen molar-refractivity contribution in [3.05, 3.63) is 29.8 Å². The Labute approximate surface area is 103 Å². The number of para-hydroxylation sites is 1. The number of benzene rings is 1. The molecule has 17 heavy (non-hydrogen) atoms. The van der Waals surface area contributed by atoms with E-state index < -0.39 is 5.60 Å². The van der Waals surface area contributed by atoms with Gasteiger partial charge in [-0.2, -0.15) is 0 Å². The quantitative estimate of drug-likeness (QED) is 0.627. The number of hydrogen-bond donors (Lipinski definition) is 1. The summed E-state index contributed by atoms with van der Waals surface area (Å²) in [6.07, 6.45) is 0.851. The first kappa shape index (κ1) is 14.0. The first-order valence-corrected chi connectivity index (χ1v) is 5.94. The predicted octanol–water partition coefficient (Wildman–Crippen LogP) is 3.76. The molecule has 0 saturated carbocycles. The Balaban J connectivity index is 2.79. The van der Waals surface area contributed by atoms with E-state index in [0.717, 1.165) is 6.42 Å². The van der Waals surface area contributed by atoms with Crippen molar-refractivity contribution in [2.45, 2.75) is 52.2 Å². The third-order valence-corrected chi connectivity index (χ3v) is 2.88. The van der Waals surface area contributed by atoms with Gasteiger partial charge >= 0.3 is 0 Å². The van der Waals surface area contributed by atoms with Crippen molar-refractivity contribution in [3.8, 4) is 5.75 Å². The van der Waals surface area contributed by atoms with Gasteiger partial charge in [0.15, 0.2) is 0 Å². The molecular formula is C14H22O3. The van der Waals surface area contributed by atoms with E-state index in [1.54, 1.807) is 12.1 Å². The van der Waals surface area contributed by atoms with Crippen molar-refractivity contribution in [1.29, 1.82) is 0 Å². The zero-order valence-corrected chi connectivity index (χ0v) is 11.3. The highest BCUT2D eigenvalue weighted by molar-refractivity contribution is 5.35. The van der Waals surface area contributed by atoms with E-state index in [-0.39, 0.29) is 11.4 Å². The molecule has 96 valence electrons. The Hall–Kier alpha value is -1.06. The van der Waals surface area contributed by atoms with Crippen LogP contribution in [0.15, 0.2) is 24.3 Å². The smallest absolute Gasteiger partial charge is 0.126 e. The molecule has 0 amide bonds. The summed E-state index contributed by atoms with van der Waals surface area (Å²) in [5.41, 5.74) is -0.300. The van der Waals surface area contributed by atoms with E-state index >= 15 is 0 Å². The van der Waals surface area contributed by atoms with Crippen molar-refractivity contribution < 1.29 is 14.9 Å². The van der Waals surface area contributed by atoms with Gasteiger partial charge in [-0.05, 0) is 40.2 Å². The Morgan fingerprint density at radius 3 is 2.18 bits per heavy atom. The number of phenols is 1. The minimum Gasteiger partial charge on any atom is -0.508 e. The van der Waals surface area contributed by atoms with E-state index in [0.29, 0.717) is 5.56 Å². The summed E-state index contributed by atoms with van der Waals surface area (Å²) in [7, 11) is 0. The molecule has 0 atom stereocenters. The summed E-state index contributed by atoms with van der Waals surface area (Å²) in [5.74, 6) is 0.218. The van der Waals surface area contributed by atoms with E-state index in [2.05, 4.69) is 0 Å². The average molecular weight is 238 g/mol. The third kappa shape index (κ3) is 3.72. The highest BCUT2D eigenvalue weighted by Gasteiger charge is 2.29. The second kappa shape index (κ2) is 5.07. The summed E-state index contributed by atoms with van der Waals surface area (Å²) in [6.45, 7) is 9.71. The van der Waals surface area contributed by atoms with Crippen molar-refractivity contribution in [3.63, 3.8) is 0 Å². The number of hydrogen-bond acceptors (Lipinski definition) is 3. The van der Waals surface area contributed by atoms with Crippen molar-refractivity contribution in [2.75, 3.05) is 0 Å². The second-order valence-corrected chi connectivity index (χ2v) is 5.31. The van der Waals surface area contributed by atoms with Gasteiger partial charge in [0.1, 0.15) is 11.4 Å². The molecular weight excluding hydrogens is 216 g/mol. The lowest BCUT2D eigenvalue weighted by atomic mass is 9.97. The van der Waals surface area contributed by atoms with E-state index in [4.69, 9.17) is 9.78 Å². The van der Waals surface area contributed by atoms with Crippen LogP contribution in [-0.4, -0.2) is 10.7 Å². The fraction of sp³-hybridized carbons (Fsp3) is 0.571. The topological polar surface area (TPSA) is 38.7 Å². The predicted molar refractivity (Wildman–Crippen MR) is 67.7 cm³/mol. The van der Waals surface area contributed by atoms with Gasteiger partial charge in [-0.25, -0.2) is 9.78 Å². The van der Waals surface area contributed by atoms with E-state index in [9.17, 15) is 5.11 Å². The van der Waals surface area contributed by atoms with Crippen molar-refractivity contribution >= 4 is 0 Å². The molecule has 0 spiro atoms. The SMILES string of the molecule is CCC(C)(C)OOC(C)(C)c1ccccc1O. The molecule has 1 aromatic rings. The summed E-state index contributed by atoms with van der Waals surface area (Å²) in [5, 5.41) is 9.80. The van der Waals surface area contributed by atoms with Crippen LogP contribution in [0.25, 0.3) is 0 Å². The molecule has 0 aromatic heterocycles. The molecule has 0 fully saturated rings. The van der Waals surface area contributed by atoms with E-state index in [1.165, 1.54) is 0 Å². The normalized spacial score (nSPS) is 12.8. The highest BCUT2D eigenvalue weighted by atomic mass is 17.2. The molecule has 0 aliphatic carbocycles. The summed E-state index contributed by atoms with van der Waals surface area (Å²) in [6, 6.07) is 7.12. The van der Waals surface area contributed by atoms with Crippen LogP contribution in [0.5, 0.6) is 5.75 Å². The van der Waals surface area contributed by atoms with Crippen molar-refractivity contribution in [1.82, 2.24) is 0 Å². The monoisotopic (exact) mass is 238 g/mol. The Morgan fingerprint density at radius 1 is 1.06 bits per heavy atom. The summed E-state index contributed by atoms with van der Waals surface area (Å²) < 4.78 is 0. The van der Waals surface area contributed by atoms with Gasteiger partial charge in [0.2, 0.25) is 0 Å². The summed E-state index contributed by atoms with van der Waals surface area (Å²) >= 11 is 0. The van der Waals surface area contributed by atoms with Crippen molar-refractivity contribution in [2.24, 2.45) is 0 Å².